The number of ether oxygens (including phenoxy) is 1. The average molecular weight is 247 g/mol. The Bertz CT molecular complexity index is 522. The van der Waals surface area contributed by atoms with E-state index in [2.05, 4.69) is 9.89 Å². The molecule has 1 unspecified atom stereocenters. The van der Waals surface area contributed by atoms with Crippen LogP contribution in [0.4, 0.5) is 0 Å². The van der Waals surface area contributed by atoms with Crippen molar-refractivity contribution in [2.24, 2.45) is 0 Å². The van der Waals surface area contributed by atoms with Gasteiger partial charge in [0.1, 0.15) is 12.0 Å². The normalized spacial score (nSPS) is 12.1. The number of hydrogen-bond acceptors (Lipinski definition) is 5. The summed E-state index contributed by atoms with van der Waals surface area (Å²) < 4.78 is 9.47. The first-order valence-corrected chi connectivity index (χ1v) is 5.46. The van der Waals surface area contributed by atoms with Crippen molar-refractivity contribution in [2.75, 3.05) is 7.11 Å². The Morgan fingerprint density at radius 3 is 2.94 bits per heavy atom. The van der Waals surface area contributed by atoms with Crippen LogP contribution in [0.5, 0.6) is 5.75 Å². The van der Waals surface area contributed by atoms with Crippen molar-refractivity contribution in [2.45, 2.75) is 12.3 Å². The van der Waals surface area contributed by atoms with Gasteiger partial charge in [0.25, 0.3) is 0 Å². The number of esters is 1. The van der Waals surface area contributed by atoms with Gasteiger partial charge in [0.05, 0.1) is 19.2 Å². The highest BCUT2D eigenvalue weighted by molar-refractivity contribution is 5.71. The van der Waals surface area contributed by atoms with E-state index in [9.17, 15) is 9.90 Å². The van der Waals surface area contributed by atoms with Crippen LogP contribution >= 0.6 is 0 Å². The Balaban J connectivity index is 2.33. The predicted molar refractivity (Wildman–Crippen MR) is 63.1 cm³/mol. The van der Waals surface area contributed by atoms with Crippen LogP contribution in [0.2, 0.25) is 0 Å². The van der Waals surface area contributed by atoms with Crippen LogP contribution < -0.4 is 0 Å². The van der Waals surface area contributed by atoms with Gasteiger partial charge >= 0.3 is 5.97 Å². The number of phenols is 1. The van der Waals surface area contributed by atoms with Crippen molar-refractivity contribution in [3.05, 3.63) is 47.9 Å². The number of carbonyl (C=O) groups is 1. The molecule has 0 bridgehead atoms. The molecule has 18 heavy (non-hydrogen) atoms. The molecule has 0 aliphatic rings. The average Bonchev–Trinajstić information content (AvgIpc) is 2.89. The molecule has 1 heterocycles. The zero-order chi connectivity index (χ0) is 13.0. The summed E-state index contributed by atoms with van der Waals surface area (Å²) in [6.07, 6.45) is 1.59. The van der Waals surface area contributed by atoms with Crippen LogP contribution in [0.1, 0.15) is 23.6 Å². The summed E-state index contributed by atoms with van der Waals surface area (Å²) >= 11 is 0. The minimum absolute atomic E-state index is 0.144. The number of benzene rings is 1. The molecular formula is C13H13NO4. The molecule has 1 N–H and O–H groups in total. The molecule has 2 rings (SSSR count). The molecule has 94 valence electrons. The van der Waals surface area contributed by atoms with Gasteiger partial charge in [0.2, 0.25) is 0 Å². The Morgan fingerprint density at radius 1 is 1.50 bits per heavy atom. The summed E-state index contributed by atoms with van der Waals surface area (Å²) in [6.45, 7) is 0. The molecule has 0 spiro atoms. The largest absolute Gasteiger partial charge is 0.508 e. The SMILES string of the molecule is COC(=O)CC(c1cccc(O)c1)c1ccon1. The Hall–Kier alpha value is -2.30. The van der Waals surface area contributed by atoms with Crippen molar-refractivity contribution in [1.29, 1.82) is 0 Å². The highest BCUT2D eigenvalue weighted by Gasteiger charge is 2.21. The first kappa shape index (κ1) is 12.2. The summed E-state index contributed by atoms with van der Waals surface area (Å²) in [5.41, 5.74) is 1.42. The molecule has 0 saturated heterocycles. The Labute approximate surface area is 104 Å². The predicted octanol–water partition coefficient (Wildman–Crippen LogP) is 2.08. The number of aromatic nitrogens is 1. The second-order valence-electron chi connectivity index (χ2n) is 3.85. The van der Waals surface area contributed by atoms with Gasteiger partial charge in [-0.05, 0) is 17.7 Å². The molecule has 1 aromatic heterocycles. The van der Waals surface area contributed by atoms with Crippen LogP contribution in [-0.2, 0) is 9.53 Å². The second-order valence-corrected chi connectivity index (χ2v) is 3.85. The topological polar surface area (TPSA) is 72.6 Å². The van der Waals surface area contributed by atoms with E-state index in [0.29, 0.717) is 5.69 Å². The first-order chi connectivity index (χ1) is 8.70. The number of hydrogen-bond donors (Lipinski definition) is 1. The zero-order valence-corrected chi connectivity index (χ0v) is 9.87. The maximum Gasteiger partial charge on any atom is 0.306 e. The van der Waals surface area contributed by atoms with E-state index in [1.54, 1.807) is 24.3 Å². The zero-order valence-electron chi connectivity index (χ0n) is 9.87. The van der Waals surface area contributed by atoms with E-state index in [4.69, 9.17) is 4.52 Å². The summed E-state index contributed by atoms with van der Waals surface area (Å²) in [6, 6.07) is 8.40. The van der Waals surface area contributed by atoms with Gasteiger partial charge in [0, 0.05) is 12.0 Å². The van der Waals surface area contributed by atoms with Crippen LogP contribution in [0, 0.1) is 0 Å². The minimum Gasteiger partial charge on any atom is -0.508 e. The monoisotopic (exact) mass is 247 g/mol. The lowest BCUT2D eigenvalue weighted by Gasteiger charge is -2.13. The third-order valence-electron chi connectivity index (χ3n) is 2.69. The molecule has 5 heteroatoms. The number of aromatic hydroxyl groups is 1. The number of rotatable bonds is 4. The van der Waals surface area contributed by atoms with Gasteiger partial charge in [-0.2, -0.15) is 0 Å². The van der Waals surface area contributed by atoms with Crippen LogP contribution in [0.15, 0.2) is 41.1 Å². The molecule has 5 nitrogen and oxygen atoms in total. The summed E-state index contributed by atoms with van der Waals surface area (Å²) in [5, 5.41) is 13.3. The lowest BCUT2D eigenvalue weighted by molar-refractivity contribution is -0.140. The Kier molecular flexibility index (Phi) is 3.62. The highest BCUT2D eigenvalue weighted by atomic mass is 16.5. The third-order valence-corrected chi connectivity index (χ3v) is 2.69. The quantitative estimate of drug-likeness (QED) is 0.837. The maximum absolute atomic E-state index is 11.4. The molecule has 1 aromatic carbocycles. The van der Waals surface area contributed by atoms with E-state index >= 15 is 0 Å². The van der Waals surface area contributed by atoms with E-state index in [1.807, 2.05) is 6.07 Å². The highest BCUT2D eigenvalue weighted by Crippen LogP contribution is 2.29. The van der Waals surface area contributed by atoms with E-state index in [-0.39, 0.29) is 24.1 Å². The Morgan fingerprint density at radius 2 is 2.33 bits per heavy atom. The number of nitrogens with zero attached hydrogens (tertiary/aromatic N) is 1. The third kappa shape index (κ3) is 2.68. The number of methoxy groups -OCH3 is 1. The molecule has 0 aliphatic carbocycles. The lowest BCUT2D eigenvalue weighted by atomic mass is 9.92. The van der Waals surface area contributed by atoms with Gasteiger partial charge in [-0.1, -0.05) is 17.3 Å². The summed E-state index contributed by atoms with van der Waals surface area (Å²) in [7, 11) is 1.34. The fourth-order valence-corrected chi connectivity index (χ4v) is 1.79. The first-order valence-electron chi connectivity index (χ1n) is 5.46. The fraction of sp³-hybridized carbons (Fsp3) is 0.231. The van der Waals surface area contributed by atoms with Crippen LogP contribution in [-0.4, -0.2) is 23.3 Å². The molecule has 0 amide bonds. The number of phenolic OH excluding ortho intramolecular Hbond substituents is 1. The van der Waals surface area contributed by atoms with E-state index in [1.165, 1.54) is 13.4 Å². The van der Waals surface area contributed by atoms with Crippen molar-refractivity contribution in [3.63, 3.8) is 0 Å². The van der Waals surface area contributed by atoms with Crippen molar-refractivity contribution in [1.82, 2.24) is 5.16 Å². The van der Waals surface area contributed by atoms with Gasteiger partial charge in [-0.25, -0.2) is 0 Å². The maximum atomic E-state index is 11.4. The van der Waals surface area contributed by atoms with Crippen molar-refractivity contribution >= 4 is 5.97 Å². The summed E-state index contributed by atoms with van der Waals surface area (Å²) in [4.78, 5) is 11.4. The minimum atomic E-state index is -0.341. The van der Waals surface area contributed by atoms with Gasteiger partial charge in [0.15, 0.2) is 0 Å². The number of carbonyl (C=O) groups excluding carboxylic acids is 1. The van der Waals surface area contributed by atoms with E-state index < -0.39 is 0 Å². The molecular weight excluding hydrogens is 234 g/mol. The molecule has 0 radical (unpaired) electrons. The van der Waals surface area contributed by atoms with Crippen molar-refractivity contribution in [3.8, 4) is 5.75 Å². The van der Waals surface area contributed by atoms with Gasteiger partial charge < -0.3 is 14.4 Å². The van der Waals surface area contributed by atoms with Crippen LogP contribution in [0.3, 0.4) is 0 Å². The molecule has 0 aliphatic heterocycles. The molecule has 1 atom stereocenters. The van der Waals surface area contributed by atoms with Gasteiger partial charge in [-0.3, -0.25) is 4.79 Å². The van der Waals surface area contributed by atoms with Gasteiger partial charge in [-0.15, -0.1) is 0 Å². The second kappa shape index (κ2) is 5.35. The lowest BCUT2D eigenvalue weighted by Crippen LogP contribution is -2.10. The fourth-order valence-electron chi connectivity index (χ4n) is 1.79. The van der Waals surface area contributed by atoms with Crippen LogP contribution in [0.25, 0.3) is 0 Å². The molecule has 0 fully saturated rings. The van der Waals surface area contributed by atoms with E-state index in [0.717, 1.165) is 5.56 Å². The molecule has 0 saturated carbocycles. The summed E-state index contributed by atoms with van der Waals surface area (Å²) in [5.74, 6) is -0.486. The smallest absolute Gasteiger partial charge is 0.306 e. The van der Waals surface area contributed by atoms with Crippen molar-refractivity contribution < 1.29 is 19.2 Å². The molecule has 2 aromatic rings. The standard InChI is InChI=1S/C13H13NO4/c1-17-13(16)8-11(12-5-6-18-14-12)9-3-2-4-10(15)7-9/h2-7,11,15H,8H2,1H3.